The number of fused-ring (bicyclic) bond motifs is 5. The van der Waals surface area contributed by atoms with Crippen molar-refractivity contribution in [2.45, 2.75) is 122 Å². The van der Waals surface area contributed by atoms with Crippen LogP contribution >= 0.6 is 0 Å². The van der Waals surface area contributed by atoms with E-state index in [1.165, 1.54) is 44.3 Å². The highest BCUT2D eigenvalue weighted by Crippen LogP contribution is 2.70. The average molecular weight is 868 g/mol. The number of carbonyl (C=O) groups is 8. The lowest BCUT2D eigenvalue weighted by Gasteiger charge is -2.67. The first-order valence-corrected chi connectivity index (χ1v) is 19.9. The maximum atomic E-state index is 14.5. The van der Waals surface area contributed by atoms with E-state index >= 15 is 0 Å². The Balaban J connectivity index is 1.80. The number of benzene rings is 1. The first-order valence-electron chi connectivity index (χ1n) is 19.9. The molecule has 1 N–H and O–H groups in total. The number of esters is 8. The topological polar surface area (TPSA) is 253 Å². The van der Waals surface area contributed by atoms with Gasteiger partial charge in [-0.2, -0.15) is 0 Å². The number of nitrogens with zero attached hydrogens (tertiary/aromatic N) is 1. The van der Waals surface area contributed by atoms with Crippen molar-refractivity contribution in [1.82, 2.24) is 4.98 Å². The molecule has 1 aromatic carbocycles. The minimum atomic E-state index is -2.85. The lowest BCUT2D eigenvalue weighted by molar-refractivity contribution is -0.386. The van der Waals surface area contributed by atoms with Gasteiger partial charge in [-0.1, -0.05) is 32.0 Å². The molecule has 6 rings (SSSR count). The lowest BCUT2D eigenvalue weighted by Crippen LogP contribution is -2.89. The Kier molecular flexibility index (Phi) is 12.3. The molecule has 19 heteroatoms. The van der Waals surface area contributed by atoms with E-state index in [0.717, 1.165) is 41.5 Å². The number of hydrogen-bond acceptors (Lipinski definition) is 19. The van der Waals surface area contributed by atoms with Gasteiger partial charge in [0.25, 0.3) is 0 Å². The van der Waals surface area contributed by atoms with Crippen LogP contribution in [0.3, 0.4) is 0 Å². The molecule has 19 nitrogen and oxygen atoms in total. The van der Waals surface area contributed by atoms with Crippen LogP contribution in [0.4, 0.5) is 0 Å². The maximum absolute atomic E-state index is 14.5. The molecule has 2 aromatic rings. The number of aliphatic hydroxyl groups is 1. The zero-order valence-corrected chi connectivity index (χ0v) is 35.6. The Morgan fingerprint density at radius 3 is 1.90 bits per heavy atom. The van der Waals surface area contributed by atoms with E-state index in [0.29, 0.717) is 0 Å². The number of rotatable bonds is 8. The van der Waals surface area contributed by atoms with Gasteiger partial charge in [-0.05, 0) is 38.1 Å². The Morgan fingerprint density at radius 2 is 1.32 bits per heavy atom. The molecule has 3 heterocycles. The standard InChI is InChI=1S/C43H49NO18/c1-20-21(2)37(50)61-34-32(56-23(4)46)36(59-26(7)49)42(19-54-22(3)45)35(58-25(6)48)31(60-38(51)27-14-11-10-12-15-27)29-33(57-24(5)47)43(42,41(34,9)53)62-40(29,8)18-55-39(52)28-16-13-17-44-30(20)28/h10-17,20-21,29,31-36,53H,18-19H2,1-9H3/t20?,21?,29?,31?,32-,33+,34-,35+,36-,40-,41-,42+,43-/m0/s1. The van der Waals surface area contributed by atoms with Gasteiger partial charge in [-0.3, -0.25) is 33.8 Å². The molecule has 13 atom stereocenters. The van der Waals surface area contributed by atoms with Gasteiger partial charge in [0, 0.05) is 46.7 Å². The molecule has 2 aliphatic heterocycles. The van der Waals surface area contributed by atoms with Crippen molar-refractivity contribution >= 4 is 47.8 Å². The summed E-state index contributed by atoms with van der Waals surface area (Å²) in [5, 5.41) is 13.6. The van der Waals surface area contributed by atoms with Gasteiger partial charge >= 0.3 is 47.8 Å². The second-order valence-electron chi connectivity index (χ2n) is 16.5. The van der Waals surface area contributed by atoms with Gasteiger partial charge in [-0.15, -0.1) is 0 Å². The van der Waals surface area contributed by atoms with Crippen molar-refractivity contribution in [3.63, 3.8) is 0 Å². The van der Waals surface area contributed by atoms with Crippen molar-refractivity contribution in [3.05, 3.63) is 65.5 Å². The summed E-state index contributed by atoms with van der Waals surface area (Å²) in [7, 11) is 0. The highest BCUT2D eigenvalue weighted by Gasteiger charge is 2.92. The summed E-state index contributed by atoms with van der Waals surface area (Å²) in [5.41, 5.74) is -10.3. The summed E-state index contributed by atoms with van der Waals surface area (Å²) in [4.78, 5) is 114. The fraction of sp³-hybridized carbons (Fsp3) is 0.558. The van der Waals surface area contributed by atoms with Gasteiger partial charge < -0.3 is 47.7 Å². The van der Waals surface area contributed by atoms with Crippen LogP contribution in [0.5, 0.6) is 0 Å². The zero-order chi connectivity index (χ0) is 45.7. The quantitative estimate of drug-likeness (QED) is 0.295. The van der Waals surface area contributed by atoms with Crippen LogP contribution in [0, 0.1) is 17.3 Å². The smallest absolute Gasteiger partial charge is 0.340 e. The molecular weight excluding hydrogens is 818 g/mol. The van der Waals surface area contributed by atoms with E-state index < -0.39 is 138 Å². The van der Waals surface area contributed by atoms with Crippen LogP contribution in [0.1, 0.15) is 94.6 Å². The Bertz CT molecular complexity index is 2160. The molecular formula is C43H49NO18. The lowest BCUT2D eigenvalue weighted by atomic mass is 9.45. The SMILES string of the molecule is CC(=O)OC[C@]12[C@H](OC(C)=O)C(OC(=O)c3ccccc3)C3[C@@H](OC(C)=O)[C@@]14O[C@@]3(C)COC(=O)c1cccnc1C(C)C(C)C(=O)O[C@@H]([C@H](OC(C)=O)[C@@H]2OC(C)=O)[C@]4(C)O. The second kappa shape index (κ2) is 16.7. The van der Waals surface area contributed by atoms with Crippen LogP contribution < -0.4 is 0 Å². The summed E-state index contributed by atoms with van der Waals surface area (Å²) in [6.07, 6.45) is -10.8. The number of pyridine rings is 1. The van der Waals surface area contributed by atoms with Crippen LogP contribution in [-0.4, -0.2) is 124 Å². The summed E-state index contributed by atoms with van der Waals surface area (Å²) in [5.74, 6) is -11.9. The average Bonchev–Trinajstić information content (AvgIpc) is 3.42. The Labute approximate surface area is 355 Å². The molecule has 4 unspecified atom stereocenters. The minimum absolute atomic E-state index is 0.0151. The van der Waals surface area contributed by atoms with Crippen molar-refractivity contribution in [2.24, 2.45) is 17.3 Å². The van der Waals surface area contributed by atoms with E-state index in [1.54, 1.807) is 25.1 Å². The number of aromatic nitrogens is 1. The molecule has 2 aliphatic carbocycles. The number of cyclic esters (lactones) is 1. The van der Waals surface area contributed by atoms with Gasteiger partial charge in [0.2, 0.25) is 0 Å². The summed E-state index contributed by atoms with van der Waals surface area (Å²) >= 11 is 0. The van der Waals surface area contributed by atoms with Gasteiger partial charge in [0.1, 0.15) is 42.0 Å². The first-order chi connectivity index (χ1) is 29.0. The largest absolute Gasteiger partial charge is 0.465 e. The second-order valence-corrected chi connectivity index (χ2v) is 16.5. The van der Waals surface area contributed by atoms with Gasteiger partial charge in [0.05, 0.1) is 28.7 Å². The molecule has 1 aromatic heterocycles. The number of hydrogen-bond donors (Lipinski definition) is 1. The summed E-state index contributed by atoms with van der Waals surface area (Å²) in [6, 6.07) is 10.4. The van der Waals surface area contributed by atoms with Crippen molar-refractivity contribution < 1.29 is 86.1 Å². The number of carbonyl (C=O) groups excluding carboxylic acids is 8. The molecule has 334 valence electrons. The molecule has 0 amide bonds. The van der Waals surface area contributed by atoms with Crippen molar-refractivity contribution in [1.29, 1.82) is 0 Å². The van der Waals surface area contributed by atoms with Gasteiger partial charge in [0.15, 0.2) is 30.0 Å². The molecule has 0 radical (unpaired) electrons. The molecule has 1 spiro atoms. The van der Waals surface area contributed by atoms with E-state index in [1.807, 2.05) is 0 Å². The molecule has 62 heavy (non-hydrogen) atoms. The van der Waals surface area contributed by atoms with E-state index in [4.69, 9.17) is 42.6 Å². The predicted molar refractivity (Wildman–Crippen MR) is 205 cm³/mol. The zero-order valence-electron chi connectivity index (χ0n) is 35.6. The third kappa shape index (κ3) is 7.43. The van der Waals surface area contributed by atoms with E-state index in [-0.39, 0.29) is 16.8 Å². The summed E-state index contributed by atoms with van der Waals surface area (Å²) in [6.45, 7) is 8.64. The number of ether oxygens (including phenoxy) is 9. The molecule has 3 fully saturated rings. The molecule has 1 saturated heterocycles. The monoisotopic (exact) mass is 867 g/mol. The van der Waals surface area contributed by atoms with E-state index in [2.05, 4.69) is 4.98 Å². The predicted octanol–water partition coefficient (Wildman–Crippen LogP) is 2.33. The fourth-order valence-corrected chi connectivity index (χ4v) is 9.82. The molecule has 4 aliphatic rings. The Hall–Kier alpha value is -5.95. The highest BCUT2D eigenvalue weighted by atomic mass is 16.7. The highest BCUT2D eigenvalue weighted by molar-refractivity contribution is 5.91. The van der Waals surface area contributed by atoms with Crippen LogP contribution in [0.25, 0.3) is 0 Å². The van der Waals surface area contributed by atoms with E-state index in [9.17, 15) is 43.5 Å². The maximum Gasteiger partial charge on any atom is 0.340 e. The minimum Gasteiger partial charge on any atom is -0.465 e. The Morgan fingerprint density at radius 1 is 0.742 bits per heavy atom. The molecule has 2 saturated carbocycles. The third-order valence-electron chi connectivity index (χ3n) is 12.4. The first kappa shape index (κ1) is 45.6. The molecule has 4 bridgehead atoms. The van der Waals surface area contributed by atoms with Crippen molar-refractivity contribution in [2.75, 3.05) is 13.2 Å². The van der Waals surface area contributed by atoms with Crippen molar-refractivity contribution in [3.8, 4) is 0 Å². The van der Waals surface area contributed by atoms with Crippen LogP contribution in [0.2, 0.25) is 0 Å². The normalized spacial score (nSPS) is 36.0. The third-order valence-corrected chi connectivity index (χ3v) is 12.4. The van der Waals surface area contributed by atoms with Crippen LogP contribution in [0.15, 0.2) is 48.7 Å². The summed E-state index contributed by atoms with van der Waals surface area (Å²) < 4.78 is 55.4. The van der Waals surface area contributed by atoms with Gasteiger partial charge in [-0.25, -0.2) is 9.59 Å². The van der Waals surface area contributed by atoms with Crippen LogP contribution in [-0.2, 0) is 71.4 Å². The fourth-order valence-electron chi connectivity index (χ4n) is 9.82.